The van der Waals surface area contributed by atoms with Crippen molar-refractivity contribution in [1.82, 2.24) is 0 Å². The number of benzene rings is 2. The third-order valence-corrected chi connectivity index (χ3v) is 3.72. The molecule has 1 N–H and O–H groups in total. The van der Waals surface area contributed by atoms with Crippen molar-refractivity contribution in [2.24, 2.45) is 0 Å². The Labute approximate surface area is 139 Å². The number of rotatable bonds is 6. The fourth-order valence-corrected chi connectivity index (χ4v) is 2.32. The van der Waals surface area contributed by atoms with Crippen LogP contribution in [0.2, 0.25) is 0 Å². The highest BCUT2D eigenvalue weighted by atomic mass is 32.2. The number of hydrogen-bond acceptors (Lipinski definition) is 5. The van der Waals surface area contributed by atoms with Gasteiger partial charge in [-0.2, -0.15) is 0 Å². The fourth-order valence-electron chi connectivity index (χ4n) is 1.86. The van der Waals surface area contributed by atoms with E-state index in [1.54, 1.807) is 42.1 Å². The van der Waals surface area contributed by atoms with Crippen molar-refractivity contribution in [3.05, 3.63) is 54.1 Å². The number of methoxy groups -OCH3 is 1. The van der Waals surface area contributed by atoms with E-state index in [0.29, 0.717) is 17.0 Å². The molecule has 120 valence electrons. The van der Waals surface area contributed by atoms with Crippen molar-refractivity contribution in [3.63, 3.8) is 0 Å². The maximum atomic E-state index is 11.9. The van der Waals surface area contributed by atoms with Crippen LogP contribution in [0.5, 0.6) is 5.75 Å². The third kappa shape index (κ3) is 5.03. The Morgan fingerprint density at radius 2 is 1.91 bits per heavy atom. The van der Waals surface area contributed by atoms with Crippen LogP contribution in [-0.4, -0.2) is 31.8 Å². The number of thioether (sulfide) groups is 1. The van der Waals surface area contributed by atoms with E-state index < -0.39 is 5.97 Å². The van der Waals surface area contributed by atoms with Crippen LogP contribution in [0.25, 0.3) is 0 Å². The summed E-state index contributed by atoms with van der Waals surface area (Å²) in [5, 5.41) is 2.69. The first-order valence-electron chi connectivity index (χ1n) is 6.87. The molecular weight excluding hydrogens is 314 g/mol. The molecule has 23 heavy (non-hydrogen) atoms. The average molecular weight is 331 g/mol. The number of anilines is 1. The molecule has 0 fully saturated rings. The molecule has 0 radical (unpaired) electrons. The molecule has 0 aliphatic rings. The topological polar surface area (TPSA) is 64.6 Å². The molecule has 6 heteroatoms. The number of nitrogens with one attached hydrogen (secondary N) is 1. The summed E-state index contributed by atoms with van der Waals surface area (Å²) in [6.07, 6.45) is 1.96. The van der Waals surface area contributed by atoms with Gasteiger partial charge in [-0.3, -0.25) is 4.79 Å². The summed E-state index contributed by atoms with van der Waals surface area (Å²) in [5.74, 6) is -0.408. The van der Waals surface area contributed by atoms with E-state index in [2.05, 4.69) is 5.32 Å². The second kappa shape index (κ2) is 8.24. The van der Waals surface area contributed by atoms with Crippen LogP contribution < -0.4 is 10.1 Å². The normalized spacial score (nSPS) is 10.0. The maximum Gasteiger partial charge on any atom is 0.338 e. The molecule has 0 spiro atoms. The van der Waals surface area contributed by atoms with Crippen molar-refractivity contribution >= 4 is 29.3 Å². The lowest BCUT2D eigenvalue weighted by molar-refractivity contribution is -0.119. The lowest BCUT2D eigenvalue weighted by Gasteiger charge is -2.08. The minimum atomic E-state index is -0.572. The SMILES string of the molecule is COc1cccc(C(=O)OCC(=O)Nc2cccc(SC)c2)c1. The maximum absolute atomic E-state index is 11.9. The lowest BCUT2D eigenvalue weighted by Crippen LogP contribution is -2.20. The van der Waals surface area contributed by atoms with Gasteiger partial charge in [0.2, 0.25) is 0 Å². The van der Waals surface area contributed by atoms with Gasteiger partial charge < -0.3 is 14.8 Å². The zero-order chi connectivity index (χ0) is 16.7. The molecule has 0 unspecified atom stereocenters. The zero-order valence-corrected chi connectivity index (χ0v) is 13.7. The predicted molar refractivity (Wildman–Crippen MR) is 90.1 cm³/mol. The molecule has 0 atom stereocenters. The van der Waals surface area contributed by atoms with Crippen LogP contribution in [0.4, 0.5) is 5.69 Å². The molecule has 0 aliphatic carbocycles. The monoisotopic (exact) mass is 331 g/mol. The number of carbonyl (C=O) groups excluding carboxylic acids is 2. The van der Waals surface area contributed by atoms with Crippen molar-refractivity contribution in [1.29, 1.82) is 0 Å². The number of hydrogen-bond donors (Lipinski definition) is 1. The minimum Gasteiger partial charge on any atom is -0.497 e. The second-order valence-electron chi connectivity index (χ2n) is 4.59. The molecule has 2 rings (SSSR count). The summed E-state index contributed by atoms with van der Waals surface area (Å²) in [4.78, 5) is 24.8. The van der Waals surface area contributed by atoms with Crippen molar-refractivity contribution in [2.75, 3.05) is 25.3 Å². The molecule has 0 bridgehead atoms. The minimum absolute atomic E-state index is 0.335. The average Bonchev–Trinajstić information content (AvgIpc) is 2.59. The third-order valence-electron chi connectivity index (χ3n) is 2.99. The van der Waals surface area contributed by atoms with E-state index in [9.17, 15) is 9.59 Å². The Kier molecular flexibility index (Phi) is 6.05. The first-order chi connectivity index (χ1) is 11.1. The summed E-state index contributed by atoms with van der Waals surface area (Å²) >= 11 is 1.58. The van der Waals surface area contributed by atoms with Crippen molar-refractivity contribution in [3.8, 4) is 5.75 Å². The Hall–Kier alpha value is -2.47. The standard InChI is InChI=1S/C17H17NO4S/c1-21-14-7-3-5-12(9-14)17(20)22-11-16(19)18-13-6-4-8-15(10-13)23-2/h3-10H,11H2,1-2H3,(H,18,19). The van der Waals surface area contributed by atoms with Crippen LogP contribution in [0.1, 0.15) is 10.4 Å². The van der Waals surface area contributed by atoms with E-state index >= 15 is 0 Å². The van der Waals surface area contributed by atoms with E-state index in [-0.39, 0.29) is 12.5 Å². The first-order valence-corrected chi connectivity index (χ1v) is 8.10. The Balaban J connectivity index is 1.89. The molecule has 0 heterocycles. The lowest BCUT2D eigenvalue weighted by atomic mass is 10.2. The highest BCUT2D eigenvalue weighted by Crippen LogP contribution is 2.19. The van der Waals surface area contributed by atoms with Crippen LogP contribution in [0.15, 0.2) is 53.4 Å². The predicted octanol–water partition coefficient (Wildman–Crippen LogP) is 3.21. The summed E-state index contributed by atoms with van der Waals surface area (Å²) in [6, 6.07) is 14.0. The summed E-state index contributed by atoms with van der Waals surface area (Å²) in [6.45, 7) is -0.348. The highest BCUT2D eigenvalue weighted by molar-refractivity contribution is 7.98. The van der Waals surface area contributed by atoms with E-state index in [0.717, 1.165) is 4.90 Å². The van der Waals surface area contributed by atoms with Crippen molar-refractivity contribution < 1.29 is 19.1 Å². The van der Waals surface area contributed by atoms with Crippen LogP contribution in [0, 0.1) is 0 Å². The zero-order valence-electron chi connectivity index (χ0n) is 12.9. The van der Waals surface area contributed by atoms with E-state index in [4.69, 9.17) is 9.47 Å². The van der Waals surface area contributed by atoms with Crippen molar-refractivity contribution in [2.45, 2.75) is 4.90 Å². The number of ether oxygens (including phenoxy) is 2. The number of amides is 1. The molecule has 0 aliphatic heterocycles. The van der Waals surface area contributed by atoms with Gasteiger partial charge in [0.05, 0.1) is 12.7 Å². The molecule has 0 aromatic heterocycles. The van der Waals surface area contributed by atoms with Gasteiger partial charge in [-0.05, 0) is 42.7 Å². The van der Waals surface area contributed by atoms with Gasteiger partial charge in [0.25, 0.3) is 5.91 Å². The smallest absolute Gasteiger partial charge is 0.338 e. The molecular formula is C17H17NO4S. The van der Waals surface area contributed by atoms with E-state index in [1.807, 2.05) is 24.5 Å². The van der Waals surface area contributed by atoms with Gasteiger partial charge in [0, 0.05) is 10.6 Å². The molecule has 2 aromatic rings. The summed E-state index contributed by atoms with van der Waals surface area (Å²) in [5.41, 5.74) is 1.00. The van der Waals surface area contributed by atoms with Gasteiger partial charge in [-0.25, -0.2) is 4.79 Å². The molecule has 0 saturated carbocycles. The van der Waals surface area contributed by atoms with Crippen LogP contribution in [-0.2, 0) is 9.53 Å². The molecule has 0 saturated heterocycles. The van der Waals surface area contributed by atoms with Crippen LogP contribution in [0.3, 0.4) is 0 Å². The first kappa shape index (κ1) is 16.9. The summed E-state index contributed by atoms with van der Waals surface area (Å²) < 4.78 is 10.0. The van der Waals surface area contributed by atoms with E-state index in [1.165, 1.54) is 7.11 Å². The van der Waals surface area contributed by atoms with Gasteiger partial charge in [0.15, 0.2) is 6.61 Å². The Morgan fingerprint density at radius 3 is 2.65 bits per heavy atom. The van der Waals surface area contributed by atoms with Gasteiger partial charge in [0.1, 0.15) is 5.75 Å². The Morgan fingerprint density at radius 1 is 1.13 bits per heavy atom. The summed E-state index contributed by atoms with van der Waals surface area (Å²) in [7, 11) is 1.51. The van der Waals surface area contributed by atoms with Gasteiger partial charge in [-0.1, -0.05) is 12.1 Å². The fraction of sp³-hybridized carbons (Fsp3) is 0.176. The quantitative estimate of drug-likeness (QED) is 0.650. The number of carbonyl (C=O) groups is 2. The molecule has 1 amide bonds. The van der Waals surface area contributed by atoms with Crippen LogP contribution >= 0.6 is 11.8 Å². The highest BCUT2D eigenvalue weighted by Gasteiger charge is 2.11. The Bertz CT molecular complexity index is 702. The molecule has 5 nitrogen and oxygen atoms in total. The largest absolute Gasteiger partial charge is 0.497 e. The van der Waals surface area contributed by atoms with Gasteiger partial charge in [-0.15, -0.1) is 11.8 Å². The molecule has 2 aromatic carbocycles. The number of esters is 1. The second-order valence-corrected chi connectivity index (χ2v) is 5.47. The van der Waals surface area contributed by atoms with Gasteiger partial charge >= 0.3 is 5.97 Å².